The average molecular weight is 523 g/mol. The molecule has 0 fully saturated rings. The van der Waals surface area contributed by atoms with Gasteiger partial charge in [-0.05, 0) is 40.3 Å². The number of anilines is 1. The number of nitrogens with zero attached hydrogens (tertiary/aromatic N) is 3. The van der Waals surface area contributed by atoms with Gasteiger partial charge in [-0.2, -0.15) is 4.31 Å². The number of benzene rings is 1. The molecule has 178 valence electrons. The Morgan fingerprint density at radius 3 is 2.76 bits per heavy atom. The number of rotatable bonds is 8. The molecule has 0 spiro atoms. The van der Waals surface area contributed by atoms with E-state index in [0.717, 1.165) is 23.1 Å². The quantitative estimate of drug-likeness (QED) is 0.270. The SMILES string of the molecule is O=C(COC(=O)CC1c2ccccc2CCN1S(=O)(=O)c1cccs1)Nc1ncc([N+](=O)[O-])s1. The van der Waals surface area contributed by atoms with Crippen molar-refractivity contribution >= 4 is 54.7 Å². The molecule has 0 saturated carbocycles. The van der Waals surface area contributed by atoms with E-state index in [4.69, 9.17) is 4.74 Å². The number of amides is 1. The van der Waals surface area contributed by atoms with Gasteiger partial charge in [-0.1, -0.05) is 30.3 Å². The van der Waals surface area contributed by atoms with Crippen molar-refractivity contribution in [2.75, 3.05) is 18.5 Å². The Hall–Kier alpha value is -3.20. The van der Waals surface area contributed by atoms with Crippen LogP contribution in [0.2, 0.25) is 0 Å². The van der Waals surface area contributed by atoms with E-state index in [1.165, 1.54) is 10.4 Å². The average Bonchev–Trinajstić information content (AvgIpc) is 3.51. The predicted molar refractivity (Wildman–Crippen MR) is 124 cm³/mol. The van der Waals surface area contributed by atoms with Gasteiger partial charge >= 0.3 is 11.0 Å². The van der Waals surface area contributed by atoms with Gasteiger partial charge in [0.05, 0.1) is 17.4 Å². The highest BCUT2D eigenvalue weighted by Gasteiger charge is 2.38. The third-order valence-corrected chi connectivity index (χ3v) is 9.21. The van der Waals surface area contributed by atoms with Gasteiger partial charge in [0.2, 0.25) is 0 Å². The van der Waals surface area contributed by atoms with E-state index in [0.29, 0.717) is 23.3 Å². The molecule has 0 radical (unpaired) electrons. The zero-order valence-electron chi connectivity index (χ0n) is 17.4. The van der Waals surface area contributed by atoms with Crippen LogP contribution in [0.1, 0.15) is 23.6 Å². The molecular formula is C20H18N4O7S3. The van der Waals surface area contributed by atoms with E-state index in [1.54, 1.807) is 23.6 Å². The molecule has 2 aromatic heterocycles. The molecule has 0 saturated heterocycles. The Morgan fingerprint density at radius 2 is 2.06 bits per heavy atom. The maximum absolute atomic E-state index is 13.2. The Balaban J connectivity index is 1.45. The number of hydrogen-bond donors (Lipinski definition) is 1. The number of sulfonamides is 1. The molecule has 1 aromatic carbocycles. The summed E-state index contributed by atoms with van der Waals surface area (Å²) in [7, 11) is -3.83. The van der Waals surface area contributed by atoms with Crippen LogP contribution in [0.3, 0.4) is 0 Å². The smallest absolute Gasteiger partial charge is 0.345 e. The third-order valence-electron chi connectivity index (χ3n) is 5.07. The molecule has 1 aliphatic rings. The lowest BCUT2D eigenvalue weighted by molar-refractivity contribution is -0.380. The molecule has 0 bridgehead atoms. The highest BCUT2D eigenvalue weighted by molar-refractivity contribution is 7.91. The summed E-state index contributed by atoms with van der Waals surface area (Å²) in [6.45, 7) is -0.434. The fourth-order valence-corrected chi connectivity index (χ4v) is 6.95. The van der Waals surface area contributed by atoms with E-state index >= 15 is 0 Å². The van der Waals surface area contributed by atoms with Crippen LogP contribution in [0.15, 0.2) is 52.2 Å². The van der Waals surface area contributed by atoms with E-state index in [9.17, 15) is 28.1 Å². The van der Waals surface area contributed by atoms with Crippen LogP contribution < -0.4 is 5.32 Å². The van der Waals surface area contributed by atoms with Gasteiger partial charge in [0.25, 0.3) is 15.9 Å². The lowest BCUT2D eigenvalue weighted by atomic mass is 9.92. The maximum atomic E-state index is 13.2. The molecule has 1 amide bonds. The molecular weight excluding hydrogens is 504 g/mol. The normalized spacial score (nSPS) is 15.9. The molecule has 34 heavy (non-hydrogen) atoms. The zero-order valence-corrected chi connectivity index (χ0v) is 19.9. The molecule has 4 rings (SSSR count). The van der Waals surface area contributed by atoms with Gasteiger partial charge in [0.15, 0.2) is 11.7 Å². The van der Waals surface area contributed by atoms with Gasteiger partial charge in [0, 0.05) is 6.54 Å². The molecule has 3 aromatic rings. The number of hydrogen-bond acceptors (Lipinski definition) is 10. The summed E-state index contributed by atoms with van der Waals surface area (Å²) in [5, 5.41) is 14.5. The fourth-order valence-electron chi connectivity index (χ4n) is 3.58. The number of thiazole rings is 1. The highest BCUT2D eigenvalue weighted by atomic mass is 32.2. The Bertz CT molecular complexity index is 1320. The topological polar surface area (TPSA) is 149 Å². The van der Waals surface area contributed by atoms with Crippen molar-refractivity contribution in [2.45, 2.75) is 23.1 Å². The summed E-state index contributed by atoms with van der Waals surface area (Å²) in [4.78, 5) is 38.5. The van der Waals surface area contributed by atoms with Crippen LogP contribution in [-0.2, 0) is 30.8 Å². The minimum absolute atomic E-state index is 0.00201. The second kappa shape index (κ2) is 9.97. The Kier molecular flexibility index (Phi) is 7.02. The van der Waals surface area contributed by atoms with Crippen molar-refractivity contribution in [3.8, 4) is 0 Å². The molecule has 1 aliphatic heterocycles. The number of aromatic nitrogens is 1. The minimum Gasteiger partial charge on any atom is -0.456 e. The van der Waals surface area contributed by atoms with Crippen molar-refractivity contribution in [3.63, 3.8) is 0 Å². The summed E-state index contributed by atoms with van der Waals surface area (Å²) in [6.07, 6.45) is 1.24. The first kappa shape index (κ1) is 23.9. The van der Waals surface area contributed by atoms with Gasteiger partial charge in [-0.15, -0.1) is 11.3 Å². The fraction of sp³-hybridized carbons (Fsp3) is 0.250. The number of carbonyl (C=O) groups is 2. The zero-order chi connectivity index (χ0) is 24.3. The van der Waals surface area contributed by atoms with E-state index < -0.39 is 39.5 Å². The van der Waals surface area contributed by atoms with Crippen LogP contribution >= 0.6 is 22.7 Å². The lowest BCUT2D eigenvalue weighted by Crippen LogP contribution is -2.41. The van der Waals surface area contributed by atoms with Gasteiger partial charge in [-0.3, -0.25) is 25.0 Å². The number of nitro groups is 1. The van der Waals surface area contributed by atoms with E-state index in [-0.39, 0.29) is 27.3 Å². The van der Waals surface area contributed by atoms with Crippen LogP contribution in [0, 0.1) is 10.1 Å². The van der Waals surface area contributed by atoms with E-state index in [1.807, 2.05) is 12.1 Å². The third kappa shape index (κ3) is 5.14. The molecule has 14 heteroatoms. The standard InChI is InChI=1S/C20H18N4O7S3/c25-16(22-20-21-11-17(33-20)24(27)28)12-31-18(26)10-15-14-5-2-1-4-13(14)7-8-23(15)34(29,30)19-6-3-9-32-19/h1-6,9,11,15H,7-8,10,12H2,(H,21,22,25). The summed E-state index contributed by atoms with van der Waals surface area (Å²) in [5.74, 6) is -1.47. The predicted octanol–water partition coefficient (Wildman–Crippen LogP) is 2.97. The van der Waals surface area contributed by atoms with Crippen molar-refractivity contribution in [1.29, 1.82) is 0 Å². The maximum Gasteiger partial charge on any atom is 0.345 e. The monoisotopic (exact) mass is 522 g/mol. The lowest BCUT2D eigenvalue weighted by Gasteiger charge is -2.35. The van der Waals surface area contributed by atoms with E-state index in [2.05, 4.69) is 10.3 Å². The number of nitrogens with one attached hydrogen (secondary N) is 1. The molecule has 0 aliphatic carbocycles. The summed E-state index contributed by atoms with van der Waals surface area (Å²) >= 11 is 1.77. The number of carbonyl (C=O) groups excluding carboxylic acids is 2. The molecule has 1 N–H and O–H groups in total. The van der Waals surface area contributed by atoms with Gasteiger partial charge in [0.1, 0.15) is 10.4 Å². The van der Waals surface area contributed by atoms with Crippen LogP contribution in [0.25, 0.3) is 0 Å². The molecule has 1 atom stereocenters. The minimum atomic E-state index is -3.83. The second-order valence-electron chi connectivity index (χ2n) is 7.19. The second-order valence-corrected chi connectivity index (χ2v) is 11.3. The number of ether oxygens (including phenoxy) is 1. The first-order valence-corrected chi connectivity index (χ1v) is 13.1. The van der Waals surface area contributed by atoms with Crippen LogP contribution in [-0.4, -0.2) is 47.7 Å². The van der Waals surface area contributed by atoms with Crippen LogP contribution in [0.5, 0.6) is 0 Å². The Labute approximate surface area is 202 Å². The van der Waals surface area contributed by atoms with Crippen molar-refractivity contribution in [1.82, 2.24) is 9.29 Å². The van der Waals surface area contributed by atoms with Gasteiger partial charge < -0.3 is 4.74 Å². The summed E-state index contributed by atoms with van der Waals surface area (Å²) in [5.41, 5.74) is 1.66. The summed E-state index contributed by atoms with van der Waals surface area (Å²) < 4.78 is 33.0. The number of thiophene rings is 1. The number of fused-ring (bicyclic) bond motifs is 1. The largest absolute Gasteiger partial charge is 0.456 e. The van der Waals surface area contributed by atoms with Crippen molar-refractivity contribution in [3.05, 3.63) is 69.2 Å². The molecule has 11 nitrogen and oxygen atoms in total. The first-order chi connectivity index (χ1) is 16.3. The van der Waals surface area contributed by atoms with Crippen molar-refractivity contribution in [2.24, 2.45) is 0 Å². The first-order valence-electron chi connectivity index (χ1n) is 9.94. The van der Waals surface area contributed by atoms with Crippen LogP contribution in [0.4, 0.5) is 10.1 Å². The molecule has 3 heterocycles. The Morgan fingerprint density at radius 1 is 1.26 bits per heavy atom. The summed E-state index contributed by atoms with van der Waals surface area (Å²) in [6, 6.07) is 9.69. The molecule has 1 unspecified atom stereocenters. The highest BCUT2D eigenvalue weighted by Crippen LogP contribution is 2.37. The number of esters is 1. The van der Waals surface area contributed by atoms with Gasteiger partial charge in [-0.25, -0.2) is 13.4 Å². The van der Waals surface area contributed by atoms with Crippen molar-refractivity contribution < 1.29 is 27.7 Å².